The second kappa shape index (κ2) is 5.14. The molecule has 0 amide bonds. The Kier molecular flexibility index (Phi) is 3.48. The Hall–Kier alpha value is -1.46. The molecule has 0 radical (unpaired) electrons. The van der Waals surface area contributed by atoms with E-state index in [1.165, 1.54) is 5.56 Å². The zero-order valence-electron chi connectivity index (χ0n) is 11.9. The van der Waals surface area contributed by atoms with Crippen molar-refractivity contribution in [2.24, 2.45) is 0 Å². The minimum absolute atomic E-state index is 0.189. The molecule has 2 atom stereocenters. The second-order valence-corrected chi connectivity index (χ2v) is 6.73. The van der Waals surface area contributed by atoms with Crippen LogP contribution in [0.3, 0.4) is 0 Å². The van der Waals surface area contributed by atoms with Crippen molar-refractivity contribution in [1.29, 1.82) is 0 Å². The minimum Gasteiger partial charge on any atom is -0.444 e. The van der Waals surface area contributed by atoms with E-state index in [-0.39, 0.29) is 6.04 Å². The first-order chi connectivity index (χ1) is 9.54. The molecule has 2 aromatic rings. The SMILES string of the molecule is Cc1ccc(S(=O)N2Cc3oc(C)nc3CC2C)cc1. The highest BCUT2D eigenvalue weighted by molar-refractivity contribution is 7.82. The van der Waals surface area contributed by atoms with E-state index in [9.17, 15) is 4.21 Å². The number of hydrogen-bond donors (Lipinski definition) is 0. The standard InChI is InChI=1S/C15H18N2O2S/c1-10-4-6-13(7-5-10)20(18)17-9-15-14(8-11(17)2)16-12(3)19-15/h4-7,11H,8-9H2,1-3H3. The number of hydrogen-bond acceptors (Lipinski definition) is 3. The molecule has 3 rings (SSSR count). The molecule has 106 valence electrons. The zero-order chi connectivity index (χ0) is 14.3. The summed E-state index contributed by atoms with van der Waals surface area (Å²) >= 11 is 0. The van der Waals surface area contributed by atoms with Gasteiger partial charge >= 0.3 is 0 Å². The van der Waals surface area contributed by atoms with Gasteiger partial charge in [-0.25, -0.2) is 13.5 Å². The highest BCUT2D eigenvalue weighted by Crippen LogP contribution is 2.27. The lowest BCUT2D eigenvalue weighted by Gasteiger charge is -2.30. The zero-order valence-corrected chi connectivity index (χ0v) is 12.7. The van der Waals surface area contributed by atoms with Crippen LogP contribution in [0.1, 0.15) is 29.8 Å². The summed E-state index contributed by atoms with van der Waals surface area (Å²) in [6.45, 7) is 6.51. The van der Waals surface area contributed by atoms with Gasteiger partial charge in [-0.1, -0.05) is 17.7 Å². The van der Waals surface area contributed by atoms with Crippen LogP contribution in [0.15, 0.2) is 33.6 Å². The van der Waals surface area contributed by atoms with Crippen LogP contribution >= 0.6 is 0 Å². The fraction of sp³-hybridized carbons (Fsp3) is 0.400. The molecule has 1 aromatic carbocycles. The second-order valence-electron chi connectivity index (χ2n) is 5.29. The van der Waals surface area contributed by atoms with Gasteiger partial charge in [0, 0.05) is 19.4 Å². The van der Waals surface area contributed by atoms with E-state index in [0.717, 1.165) is 22.8 Å². The van der Waals surface area contributed by atoms with Crippen LogP contribution in [0.4, 0.5) is 0 Å². The van der Waals surface area contributed by atoms with E-state index in [4.69, 9.17) is 4.42 Å². The van der Waals surface area contributed by atoms with E-state index in [1.807, 2.05) is 42.4 Å². The lowest BCUT2D eigenvalue weighted by molar-refractivity contribution is 0.289. The van der Waals surface area contributed by atoms with Gasteiger partial charge in [-0.2, -0.15) is 0 Å². The molecule has 0 aliphatic carbocycles. The van der Waals surface area contributed by atoms with Crippen molar-refractivity contribution in [2.75, 3.05) is 0 Å². The largest absolute Gasteiger partial charge is 0.444 e. The lowest BCUT2D eigenvalue weighted by atomic mass is 10.1. The third-order valence-corrected chi connectivity index (χ3v) is 5.19. The van der Waals surface area contributed by atoms with Gasteiger partial charge in [0.25, 0.3) is 0 Å². The summed E-state index contributed by atoms with van der Waals surface area (Å²) in [6.07, 6.45) is 0.782. The van der Waals surface area contributed by atoms with E-state index in [2.05, 4.69) is 11.9 Å². The van der Waals surface area contributed by atoms with Gasteiger partial charge in [0.05, 0.1) is 17.1 Å². The summed E-state index contributed by atoms with van der Waals surface area (Å²) in [6, 6.07) is 8.03. The van der Waals surface area contributed by atoms with E-state index >= 15 is 0 Å². The van der Waals surface area contributed by atoms with Crippen LogP contribution in [0.25, 0.3) is 0 Å². The number of rotatable bonds is 2. The van der Waals surface area contributed by atoms with Crippen molar-refractivity contribution in [3.8, 4) is 0 Å². The maximum absolute atomic E-state index is 12.7. The Morgan fingerprint density at radius 2 is 2.00 bits per heavy atom. The molecule has 0 saturated heterocycles. The van der Waals surface area contributed by atoms with Crippen molar-refractivity contribution >= 4 is 11.0 Å². The molecule has 2 heterocycles. The number of nitrogens with zero attached hydrogens (tertiary/aromatic N) is 2. The summed E-state index contributed by atoms with van der Waals surface area (Å²) in [5, 5.41) is 0. The highest BCUT2D eigenvalue weighted by Gasteiger charge is 2.31. The maximum Gasteiger partial charge on any atom is 0.191 e. The third kappa shape index (κ3) is 2.43. The minimum atomic E-state index is -1.16. The molecule has 0 fully saturated rings. The maximum atomic E-state index is 12.7. The average Bonchev–Trinajstić information content (AvgIpc) is 2.77. The molecule has 1 aromatic heterocycles. The molecule has 20 heavy (non-hydrogen) atoms. The van der Waals surface area contributed by atoms with Gasteiger partial charge in [0.1, 0.15) is 16.7 Å². The number of fused-ring (bicyclic) bond motifs is 1. The summed E-state index contributed by atoms with van der Waals surface area (Å²) in [4.78, 5) is 5.22. The Labute approximate surface area is 121 Å². The normalized spacial score (nSPS) is 20.6. The summed E-state index contributed by atoms with van der Waals surface area (Å²) in [5.41, 5.74) is 2.18. The quantitative estimate of drug-likeness (QED) is 0.854. The van der Waals surface area contributed by atoms with E-state index in [1.54, 1.807) is 0 Å². The van der Waals surface area contributed by atoms with Crippen molar-refractivity contribution < 1.29 is 8.63 Å². The fourth-order valence-corrected chi connectivity index (χ4v) is 3.76. The lowest BCUT2D eigenvalue weighted by Crippen LogP contribution is -2.39. The van der Waals surface area contributed by atoms with Gasteiger partial charge in [-0.15, -0.1) is 0 Å². The van der Waals surface area contributed by atoms with Gasteiger partial charge in [0.15, 0.2) is 5.89 Å². The van der Waals surface area contributed by atoms with Gasteiger partial charge < -0.3 is 4.42 Å². The first-order valence-electron chi connectivity index (χ1n) is 6.75. The van der Waals surface area contributed by atoms with Crippen molar-refractivity contribution in [3.05, 3.63) is 47.2 Å². The first-order valence-corrected chi connectivity index (χ1v) is 7.85. The molecule has 4 nitrogen and oxygen atoms in total. The van der Waals surface area contributed by atoms with Gasteiger partial charge in [-0.05, 0) is 26.0 Å². The summed E-state index contributed by atoms with van der Waals surface area (Å²) in [5.74, 6) is 1.53. The molecule has 1 aliphatic heterocycles. The van der Waals surface area contributed by atoms with Crippen molar-refractivity contribution in [2.45, 2.75) is 44.7 Å². The highest BCUT2D eigenvalue weighted by atomic mass is 32.2. The molecule has 0 N–H and O–H groups in total. The van der Waals surface area contributed by atoms with Crippen LogP contribution in [-0.4, -0.2) is 19.5 Å². The Balaban J connectivity index is 1.87. The number of aromatic nitrogens is 1. The van der Waals surface area contributed by atoms with Crippen LogP contribution in [0.5, 0.6) is 0 Å². The molecule has 0 spiro atoms. The monoisotopic (exact) mass is 290 g/mol. The predicted molar refractivity (Wildman–Crippen MR) is 77.5 cm³/mol. The van der Waals surface area contributed by atoms with Crippen LogP contribution in [-0.2, 0) is 24.0 Å². The molecule has 1 aliphatic rings. The van der Waals surface area contributed by atoms with Crippen LogP contribution in [0.2, 0.25) is 0 Å². The molecular formula is C15H18N2O2S. The van der Waals surface area contributed by atoms with Crippen molar-refractivity contribution in [3.63, 3.8) is 0 Å². The molecule has 0 bridgehead atoms. The molecular weight excluding hydrogens is 272 g/mol. The smallest absolute Gasteiger partial charge is 0.191 e. The molecule has 5 heteroatoms. The van der Waals surface area contributed by atoms with Crippen LogP contribution < -0.4 is 0 Å². The third-order valence-electron chi connectivity index (χ3n) is 3.60. The first kappa shape index (κ1) is 13.5. The van der Waals surface area contributed by atoms with E-state index in [0.29, 0.717) is 12.4 Å². The Bertz CT molecular complexity index is 648. The van der Waals surface area contributed by atoms with Crippen molar-refractivity contribution in [1.82, 2.24) is 9.29 Å². The Morgan fingerprint density at radius 3 is 2.70 bits per heavy atom. The molecule has 2 unspecified atom stereocenters. The average molecular weight is 290 g/mol. The predicted octanol–water partition coefficient (Wildman–Crippen LogP) is 2.76. The van der Waals surface area contributed by atoms with E-state index < -0.39 is 11.0 Å². The fourth-order valence-electron chi connectivity index (χ4n) is 2.49. The van der Waals surface area contributed by atoms with Gasteiger partial charge in [0.2, 0.25) is 0 Å². The number of aryl methyl sites for hydroxylation is 2. The van der Waals surface area contributed by atoms with Crippen LogP contribution in [0, 0.1) is 13.8 Å². The number of benzene rings is 1. The van der Waals surface area contributed by atoms with Gasteiger partial charge in [-0.3, -0.25) is 0 Å². The number of oxazole rings is 1. The Morgan fingerprint density at radius 1 is 1.30 bits per heavy atom. The molecule has 0 saturated carbocycles. The topological polar surface area (TPSA) is 46.3 Å². The summed E-state index contributed by atoms with van der Waals surface area (Å²) in [7, 11) is -1.16. The summed E-state index contributed by atoms with van der Waals surface area (Å²) < 4.78 is 20.3.